The van der Waals surface area contributed by atoms with Gasteiger partial charge in [0.15, 0.2) is 5.78 Å². The van der Waals surface area contributed by atoms with Crippen molar-refractivity contribution < 1.29 is 4.79 Å². The second-order valence-corrected chi connectivity index (χ2v) is 4.83. The minimum Gasteiger partial charge on any atom is -0.293 e. The zero-order valence-corrected chi connectivity index (χ0v) is 9.09. The zero-order valence-electron chi connectivity index (χ0n) is 8.27. The molecule has 0 N–H and O–H groups in total. The number of Topliss-reactive ketones (excluding diaryl/α,β-unsaturated/α-hetero) is 1. The first-order valence-electron chi connectivity index (χ1n) is 5.18. The van der Waals surface area contributed by atoms with Gasteiger partial charge in [0, 0.05) is 5.71 Å². The number of carbonyl (C=O) groups excluding carboxylic acids is 1. The number of fused-ring (bicyclic) bond motifs is 2. The molecule has 0 aromatic carbocycles. The van der Waals surface area contributed by atoms with Crippen molar-refractivity contribution in [3.63, 3.8) is 0 Å². The molecule has 0 bridgehead atoms. The van der Waals surface area contributed by atoms with Crippen LogP contribution in [0.1, 0.15) is 28.1 Å². The predicted octanol–water partition coefficient (Wildman–Crippen LogP) is 2.85. The van der Waals surface area contributed by atoms with Gasteiger partial charge in [-0.05, 0) is 35.9 Å². The molecular formula is C12H11NOS. The molecule has 0 amide bonds. The molecular weight excluding hydrogens is 206 g/mol. The van der Waals surface area contributed by atoms with Crippen LogP contribution in [0.15, 0.2) is 28.6 Å². The van der Waals surface area contributed by atoms with Gasteiger partial charge < -0.3 is 0 Å². The average molecular weight is 217 g/mol. The van der Waals surface area contributed by atoms with E-state index in [1.165, 1.54) is 0 Å². The summed E-state index contributed by atoms with van der Waals surface area (Å²) in [7, 11) is 0. The summed E-state index contributed by atoms with van der Waals surface area (Å²) in [5.41, 5.74) is 2.08. The minimum atomic E-state index is 0.0231. The molecule has 1 aliphatic carbocycles. The van der Waals surface area contributed by atoms with Crippen molar-refractivity contribution in [1.82, 2.24) is 0 Å². The Morgan fingerprint density at radius 2 is 2.40 bits per heavy atom. The second-order valence-electron chi connectivity index (χ2n) is 3.91. The van der Waals surface area contributed by atoms with E-state index in [-0.39, 0.29) is 11.7 Å². The van der Waals surface area contributed by atoms with Gasteiger partial charge in [0.05, 0.1) is 17.3 Å². The number of aliphatic imine (C=N–C) groups is 1. The number of hydrogen-bond acceptors (Lipinski definition) is 3. The number of hydrogen-bond donors (Lipinski definition) is 0. The Bertz CT molecular complexity index is 470. The molecule has 1 aliphatic heterocycles. The molecule has 0 radical (unpaired) electrons. The molecule has 1 unspecified atom stereocenters. The fraction of sp³-hybridized carbons (Fsp3) is 0.333. The van der Waals surface area contributed by atoms with E-state index < -0.39 is 0 Å². The summed E-state index contributed by atoms with van der Waals surface area (Å²) in [6.45, 7) is 0.667. The first kappa shape index (κ1) is 9.04. The van der Waals surface area contributed by atoms with E-state index in [9.17, 15) is 4.79 Å². The fourth-order valence-electron chi connectivity index (χ4n) is 2.17. The van der Waals surface area contributed by atoms with Crippen molar-refractivity contribution in [2.45, 2.75) is 19.4 Å². The smallest absolute Gasteiger partial charge is 0.182 e. The van der Waals surface area contributed by atoms with Crippen molar-refractivity contribution in [3.8, 4) is 0 Å². The van der Waals surface area contributed by atoms with E-state index in [1.54, 1.807) is 11.3 Å². The SMILES string of the molecule is O=C1c2sccc2CN=C2C=CCCC12. The summed E-state index contributed by atoms with van der Waals surface area (Å²) in [5, 5.41) is 1.99. The van der Waals surface area contributed by atoms with Gasteiger partial charge in [-0.1, -0.05) is 6.08 Å². The van der Waals surface area contributed by atoms with Crippen molar-refractivity contribution in [2.24, 2.45) is 10.9 Å². The summed E-state index contributed by atoms with van der Waals surface area (Å²) < 4.78 is 0. The third-order valence-electron chi connectivity index (χ3n) is 2.99. The van der Waals surface area contributed by atoms with Crippen LogP contribution in [0.4, 0.5) is 0 Å². The van der Waals surface area contributed by atoms with Crippen LogP contribution >= 0.6 is 11.3 Å². The molecule has 15 heavy (non-hydrogen) atoms. The molecule has 0 saturated heterocycles. The van der Waals surface area contributed by atoms with Crippen molar-refractivity contribution in [1.29, 1.82) is 0 Å². The van der Waals surface area contributed by atoms with E-state index in [0.717, 1.165) is 29.0 Å². The van der Waals surface area contributed by atoms with Crippen LogP contribution in [-0.2, 0) is 6.54 Å². The highest BCUT2D eigenvalue weighted by Gasteiger charge is 2.29. The van der Waals surface area contributed by atoms with Gasteiger partial charge in [0.25, 0.3) is 0 Å². The molecule has 0 fully saturated rings. The van der Waals surface area contributed by atoms with E-state index in [1.807, 2.05) is 17.5 Å². The molecule has 2 nitrogen and oxygen atoms in total. The quantitative estimate of drug-likeness (QED) is 0.657. The largest absolute Gasteiger partial charge is 0.293 e. The standard InChI is InChI=1S/C12H11NOS/c14-11-9-3-1-2-4-10(9)13-7-8-5-6-15-12(8)11/h2,4-6,9H,1,3,7H2. The molecule has 1 aromatic heterocycles. The van der Waals surface area contributed by atoms with Crippen LogP contribution < -0.4 is 0 Å². The third kappa shape index (κ3) is 1.38. The van der Waals surface area contributed by atoms with Crippen molar-refractivity contribution in [3.05, 3.63) is 34.0 Å². The Morgan fingerprint density at radius 3 is 3.33 bits per heavy atom. The van der Waals surface area contributed by atoms with Crippen LogP contribution in [0.5, 0.6) is 0 Å². The highest BCUT2D eigenvalue weighted by molar-refractivity contribution is 7.12. The number of thiophene rings is 1. The molecule has 76 valence electrons. The molecule has 0 saturated carbocycles. The number of rotatable bonds is 0. The maximum Gasteiger partial charge on any atom is 0.182 e. The number of ketones is 1. The van der Waals surface area contributed by atoms with E-state index in [4.69, 9.17) is 0 Å². The van der Waals surface area contributed by atoms with Crippen LogP contribution in [0.3, 0.4) is 0 Å². The van der Waals surface area contributed by atoms with Crippen LogP contribution in [-0.4, -0.2) is 11.5 Å². The molecule has 1 aromatic rings. The lowest BCUT2D eigenvalue weighted by Gasteiger charge is -2.16. The van der Waals surface area contributed by atoms with Gasteiger partial charge in [-0.3, -0.25) is 9.79 Å². The van der Waals surface area contributed by atoms with Gasteiger partial charge in [-0.25, -0.2) is 0 Å². The van der Waals surface area contributed by atoms with Gasteiger partial charge in [-0.15, -0.1) is 11.3 Å². The lowest BCUT2D eigenvalue weighted by atomic mass is 9.88. The summed E-state index contributed by atoms with van der Waals surface area (Å²) in [5.74, 6) is 0.301. The van der Waals surface area contributed by atoms with E-state index in [0.29, 0.717) is 6.54 Å². The molecule has 1 atom stereocenters. The normalized spacial score (nSPS) is 24.1. The fourth-order valence-corrected chi connectivity index (χ4v) is 3.08. The van der Waals surface area contributed by atoms with Gasteiger partial charge in [-0.2, -0.15) is 0 Å². The van der Waals surface area contributed by atoms with Gasteiger partial charge in [0.1, 0.15) is 0 Å². The Balaban J connectivity index is 2.10. The topological polar surface area (TPSA) is 29.4 Å². The number of allylic oxidation sites excluding steroid dienone is 2. The molecule has 3 heteroatoms. The molecule has 2 aliphatic rings. The molecule has 3 rings (SSSR count). The Morgan fingerprint density at radius 1 is 1.47 bits per heavy atom. The zero-order chi connectivity index (χ0) is 10.3. The molecule has 0 spiro atoms. The van der Waals surface area contributed by atoms with Gasteiger partial charge in [0.2, 0.25) is 0 Å². The second kappa shape index (κ2) is 3.42. The first-order valence-corrected chi connectivity index (χ1v) is 6.05. The van der Waals surface area contributed by atoms with Crippen LogP contribution in [0.2, 0.25) is 0 Å². The van der Waals surface area contributed by atoms with Crippen LogP contribution in [0.25, 0.3) is 0 Å². The monoisotopic (exact) mass is 217 g/mol. The summed E-state index contributed by atoms with van der Waals surface area (Å²) in [4.78, 5) is 17.7. The first-order chi connectivity index (χ1) is 7.36. The Labute approximate surface area is 92.3 Å². The van der Waals surface area contributed by atoms with Crippen molar-refractivity contribution in [2.75, 3.05) is 0 Å². The maximum atomic E-state index is 12.2. The Hall–Kier alpha value is -1.22. The Kier molecular flexibility index (Phi) is 2.06. The van der Waals surface area contributed by atoms with Crippen LogP contribution in [0, 0.1) is 5.92 Å². The van der Waals surface area contributed by atoms with Crippen molar-refractivity contribution >= 4 is 22.8 Å². The highest BCUT2D eigenvalue weighted by atomic mass is 32.1. The maximum absolute atomic E-state index is 12.2. The lowest BCUT2D eigenvalue weighted by molar-refractivity contribution is 0.0954. The van der Waals surface area contributed by atoms with Gasteiger partial charge >= 0.3 is 0 Å². The van der Waals surface area contributed by atoms with E-state index in [2.05, 4.69) is 11.1 Å². The third-order valence-corrected chi connectivity index (χ3v) is 3.96. The molecule has 2 heterocycles. The van der Waals surface area contributed by atoms with E-state index >= 15 is 0 Å². The summed E-state index contributed by atoms with van der Waals surface area (Å²) in [6, 6.07) is 2.02. The number of nitrogens with zero attached hydrogens (tertiary/aromatic N) is 1. The summed E-state index contributed by atoms with van der Waals surface area (Å²) >= 11 is 1.56. The predicted molar refractivity (Wildman–Crippen MR) is 61.7 cm³/mol. The summed E-state index contributed by atoms with van der Waals surface area (Å²) in [6.07, 6.45) is 6.05. The average Bonchev–Trinajstić information content (AvgIpc) is 2.69. The minimum absolute atomic E-state index is 0.0231. The highest BCUT2D eigenvalue weighted by Crippen LogP contribution is 2.29. The lowest BCUT2D eigenvalue weighted by Crippen LogP contribution is -2.23. The number of carbonyl (C=O) groups is 1.